The van der Waals surface area contributed by atoms with Gasteiger partial charge in [0.05, 0.1) is 6.04 Å². The Labute approximate surface area is 146 Å². The van der Waals surface area contributed by atoms with Gasteiger partial charge >= 0.3 is 0 Å². The van der Waals surface area contributed by atoms with Gasteiger partial charge in [-0.25, -0.2) is 4.98 Å². The fraction of sp³-hybridized carbons (Fsp3) is 0.444. The van der Waals surface area contributed by atoms with E-state index in [1.54, 1.807) is 12.7 Å². The molecule has 0 N–H and O–H groups in total. The minimum absolute atomic E-state index is 0.114. The monoisotopic (exact) mass is 338 g/mol. The van der Waals surface area contributed by atoms with Crippen molar-refractivity contribution in [1.82, 2.24) is 29.8 Å². The number of rotatable bonds is 5. The van der Waals surface area contributed by atoms with Crippen LogP contribution in [0.15, 0.2) is 47.5 Å². The first-order valence-corrected chi connectivity index (χ1v) is 8.75. The second-order valence-electron chi connectivity index (χ2n) is 6.62. The SMILES string of the molecule is C[C@H](c1nc(-c2ccccc2)no1)N1CCC[C@@H](Cn2cncn2)C1. The molecule has 2 aromatic heterocycles. The molecule has 1 fully saturated rings. The van der Waals surface area contributed by atoms with Gasteiger partial charge < -0.3 is 4.52 Å². The van der Waals surface area contributed by atoms with Crippen molar-refractivity contribution in [3.05, 3.63) is 48.9 Å². The van der Waals surface area contributed by atoms with E-state index in [4.69, 9.17) is 4.52 Å². The number of hydrogen-bond acceptors (Lipinski definition) is 6. The predicted octanol–water partition coefficient (Wildman–Crippen LogP) is 2.80. The van der Waals surface area contributed by atoms with Crippen molar-refractivity contribution < 1.29 is 4.52 Å². The van der Waals surface area contributed by atoms with Gasteiger partial charge in [0.15, 0.2) is 0 Å². The van der Waals surface area contributed by atoms with Gasteiger partial charge in [-0.05, 0) is 32.2 Å². The topological polar surface area (TPSA) is 72.9 Å². The molecule has 1 aromatic carbocycles. The zero-order valence-electron chi connectivity index (χ0n) is 14.3. The van der Waals surface area contributed by atoms with Gasteiger partial charge in [-0.1, -0.05) is 35.5 Å². The Morgan fingerprint density at radius 2 is 2.16 bits per heavy atom. The molecule has 1 aliphatic heterocycles. The van der Waals surface area contributed by atoms with E-state index in [2.05, 4.69) is 32.0 Å². The van der Waals surface area contributed by atoms with E-state index < -0.39 is 0 Å². The molecule has 1 saturated heterocycles. The molecule has 3 aromatic rings. The van der Waals surface area contributed by atoms with Crippen molar-refractivity contribution in [3.8, 4) is 11.4 Å². The standard InChI is InChI=1S/C18H22N6O/c1-14(18-21-17(22-25-18)16-7-3-2-4-8-16)23-9-5-6-15(10-23)11-24-13-19-12-20-24/h2-4,7-8,12-15H,5-6,9-11H2,1H3/t14-,15-/m1/s1. The van der Waals surface area contributed by atoms with Gasteiger partial charge in [0.25, 0.3) is 0 Å². The molecule has 2 atom stereocenters. The maximum atomic E-state index is 5.54. The molecule has 0 unspecified atom stereocenters. The number of piperidine rings is 1. The number of nitrogens with zero attached hydrogens (tertiary/aromatic N) is 6. The first kappa shape index (κ1) is 16.0. The van der Waals surface area contributed by atoms with Gasteiger partial charge in [-0.2, -0.15) is 10.1 Å². The lowest BCUT2D eigenvalue weighted by Gasteiger charge is -2.35. The van der Waals surface area contributed by atoms with Crippen molar-refractivity contribution >= 4 is 0 Å². The minimum Gasteiger partial charge on any atom is -0.337 e. The fourth-order valence-corrected chi connectivity index (χ4v) is 3.46. The lowest BCUT2D eigenvalue weighted by atomic mass is 9.97. The average molecular weight is 338 g/mol. The Kier molecular flexibility index (Phi) is 4.56. The lowest BCUT2D eigenvalue weighted by molar-refractivity contribution is 0.102. The van der Waals surface area contributed by atoms with Crippen LogP contribution in [0.3, 0.4) is 0 Å². The molecule has 0 radical (unpaired) electrons. The van der Waals surface area contributed by atoms with Crippen LogP contribution in [-0.4, -0.2) is 42.9 Å². The van der Waals surface area contributed by atoms with Crippen LogP contribution < -0.4 is 0 Å². The first-order chi connectivity index (χ1) is 12.3. The van der Waals surface area contributed by atoms with Crippen molar-refractivity contribution in [2.24, 2.45) is 5.92 Å². The van der Waals surface area contributed by atoms with Crippen molar-refractivity contribution in [1.29, 1.82) is 0 Å². The average Bonchev–Trinajstić information content (AvgIpc) is 3.34. The second-order valence-corrected chi connectivity index (χ2v) is 6.62. The normalized spacial score (nSPS) is 19.8. The summed E-state index contributed by atoms with van der Waals surface area (Å²) in [4.78, 5) is 11.1. The van der Waals surface area contributed by atoms with E-state index in [9.17, 15) is 0 Å². The molecule has 0 bridgehead atoms. The minimum atomic E-state index is 0.114. The van der Waals surface area contributed by atoms with Crippen molar-refractivity contribution in [2.45, 2.75) is 32.4 Å². The lowest BCUT2D eigenvalue weighted by Crippen LogP contribution is -2.38. The molecule has 25 heavy (non-hydrogen) atoms. The predicted molar refractivity (Wildman–Crippen MR) is 92.5 cm³/mol. The van der Waals surface area contributed by atoms with Gasteiger partial charge in [0, 0.05) is 18.7 Å². The van der Waals surface area contributed by atoms with Crippen LogP contribution in [0.25, 0.3) is 11.4 Å². The van der Waals surface area contributed by atoms with Crippen LogP contribution in [0.1, 0.15) is 31.7 Å². The summed E-state index contributed by atoms with van der Waals surface area (Å²) < 4.78 is 7.46. The van der Waals surface area contributed by atoms with Crippen LogP contribution in [0.4, 0.5) is 0 Å². The Bertz CT molecular complexity index is 785. The summed E-state index contributed by atoms with van der Waals surface area (Å²) in [6.45, 7) is 5.10. The van der Waals surface area contributed by atoms with E-state index in [0.29, 0.717) is 17.6 Å². The fourth-order valence-electron chi connectivity index (χ4n) is 3.46. The summed E-state index contributed by atoms with van der Waals surface area (Å²) >= 11 is 0. The Morgan fingerprint density at radius 3 is 2.96 bits per heavy atom. The molecular formula is C18H22N6O. The highest BCUT2D eigenvalue weighted by Crippen LogP contribution is 2.27. The molecule has 7 nitrogen and oxygen atoms in total. The van der Waals surface area contributed by atoms with Crippen LogP contribution in [0.5, 0.6) is 0 Å². The maximum Gasteiger partial charge on any atom is 0.244 e. The quantitative estimate of drug-likeness (QED) is 0.712. The summed E-state index contributed by atoms with van der Waals surface area (Å²) in [7, 11) is 0. The number of hydrogen-bond donors (Lipinski definition) is 0. The summed E-state index contributed by atoms with van der Waals surface area (Å²) in [5.74, 6) is 1.90. The van der Waals surface area contributed by atoms with Crippen LogP contribution in [0.2, 0.25) is 0 Å². The number of aromatic nitrogens is 5. The Hall–Kier alpha value is -2.54. The van der Waals surface area contributed by atoms with E-state index in [1.165, 1.54) is 12.8 Å². The molecule has 0 spiro atoms. The highest BCUT2D eigenvalue weighted by atomic mass is 16.5. The zero-order valence-corrected chi connectivity index (χ0v) is 14.3. The third-order valence-corrected chi connectivity index (χ3v) is 4.84. The zero-order chi connectivity index (χ0) is 17.1. The third kappa shape index (κ3) is 3.61. The van der Waals surface area contributed by atoms with Crippen LogP contribution in [-0.2, 0) is 6.54 Å². The highest BCUT2D eigenvalue weighted by molar-refractivity contribution is 5.53. The van der Waals surface area contributed by atoms with Gasteiger partial charge in [0.1, 0.15) is 12.7 Å². The number of benzene rings is 1. The van der Waals surface area contributed by atoms with Crippen LogP contribution in [0, 0.1) is 5.92 Å². The van der Waals surface area contributed by atoms with Crippen molar-refractivity contribution in [3.63, 3.8) is 0 Å². The number of likely N-dealkylation sites (tertiary alicyclic amines) is 1. The van der Waals surface area contributed by atoms with E-state index in [0.717, 1.165) is 25.2 Å². The summed E-state index contributed by atoms with van der Waals surface area (Å²) in [5.41, 5.74) is 0.979. The second kappa shape index (κ2) is 7.14. The Morgan fingerprint density at radius 1 is 1.28 bits per heavy atom. The Balaban J connectivity index is 1.43. The van der Waals surface area contributed by atoms with Crippen molar-refractivity contribution in [2.75, 3.05) is 13.1 Å². The molecule has 4 rings (SSSR count). The first-order valence-electron chi connectivity index (χ1n) is 8.75. The molecule has 0 aliphatic carbocycles. The molecule has 7 heteroatoms. The molecule has 0 amide bonds. The van der Waals surface area contributed by atoms with Crippen LogP contribution >= 0.6 is 0 Å². The molecular weight excluding hydrogens is 316 g/mol. The van der Waals surface area contributed by atoms with E-state index in [-0.39, 0.29) is 6.04 Å². The van der Waals surface area contributed by atoms with Gasteiger partial charge in [0.2, 0.25) is 11.7 Å². The maximum absolute atomic E-state index is 5.54. The largest absolute Gasteiger partial charge is 0.337 e. The molecule has 3 heterocycles. The van der Waals surface area contributed by atoms with Gasteiger partial charge in [-0.3, -0.25) is 9.58 Å². The smallest absolute Gasteiger partial charge is 0.244 e. The summed E-state index contributed by atoms with van der Waals surface area (Å²) in [6, 6.07) is 10.0. The molecule has 0 saturated carbocycles. The molecule has 1 aliphatic rings. The van der Waals surface area contributed by atoms with E-state index >= 15 is 0 Å². The summed E-state index contributed by atoms with van der Waals surface area (Å²) in [5, 5.41) is 8.37. The molecule has 130 valence electrons. The summed E-state index contributed by atoms with van der Waals surface area (Å²) in [6.07, 6.45) is 5.75. The van der Waals surface area contributed by atoms with Gasteiger partial charge in [-0.15, -0.1) is 0 Å². The van der Waals surface area contributed by atoms with E-state index in [1.807, 2.05) is 35.0 Å². The highest BCUT2D eigenvalue weighted by Gasteiger charge is 2.28. The third-order valence-electron chi connectivity index (χ3n) is 4.84.